The molecule has 58 heavy (non-hydrogen) atoms. The minimum Gasteiger partial charge on any atom is -0.445 e. The molecule has 1 aromatic rings. The van der Waals surface area contributed by atoms with E-state index in [-0.39, 0.29) is 67.8 Å². The maximum atomic E-state index is 13.7. The number of anilines is 1. The fourth-order valence-electron chi connectivity index (χ4n) is 7.16. The first-order valence-electron chi connectivity index (χ1n) is 20.0. The molecular formula is C41H67N7O10. The highest BCUT2D eigenvalue weighted by molar-refractivity contribution is 5.95. The molecule has 0 aliphatic carbocycles. The lowest BCUT2D eigenvalue weighted by atomic mass is 9.90. The van der Waals surface area contributed by atoms with Crippen molar-refractivity contribution >= 4 is 47.7 Å². The number of methoxy groups -OCH3 is 2. The molecule has 5 N–H and O–H groups in total. The van der Waals surface area contributed by atoms with E-state index in [0.717, 1.165) is 19.3 Å². The molecule has 1 aliphatic heterocycles. The van der Waals surface area contributed by atoms with Gasteiger partial charge in [-0.25, -0.2) is 4.79 Å². The zero-order chi connectivity index (χ0) is 43.7. The summed E-state index contributed by atoms with van der Waals surface area (Å²) in [6.07, 6.45) is 1.46. The molecule has 1 aromatic carbocycles. The number of likely N-dealkylation sites (N-methyl/N-ethyl adjacent to an activating group) is 1. The van der Waals surface area contributed by atoms with Gasteiger partial charge in [-0.1, -0.05) is 60.1 Å². The predicted molar refractivity (Wildman–Crippen MR) is 218 cm³/mol. The van der Waals surface area contributed by atoms with Crippen molar-refractivity contribution in [3.05, 3.63) is 29.8 Å². The van der Waals surface area contributed by atoms with Crippen LogP contribution in [0.5, 0.6) is 0 Å². The number of amides is 7. The van der Waals surface area contributed by atoms with Crippen LogP contribution in [0.4, 0.5) is 10.5 Å². The summed E-state index contributed by atoms with van der Waals surface area (Å²) < 4.78 is 17.0. The van der Waals surface area contributed by atoms with Crippen LogP contribution >= 0.6 is 0 Å². The second-order valence-electron chi connectivity index (χ2n) is 16.1. The minimum atomic E-state index is -1.45. The van der Waals surface area contributed by atoms with Crippen molar-refractivity contribution in [2.24, 2.45) is 17.8 Å². The predicted octanol–water partition coefficient (Wildman–Crippen LogP) is 2.57. The largest absolute Gasteiger partial charge is 0.445 e. The average molecular weight is 818 g/mol. The van der Waals surface area contributed by atoms with Gasteiger partial charge in [0.1, 0.15) is 18.2 Å². The van der Waals surface area contributed by atoms with Crippen molar-refractivity contribution in [2.75, 3.05) is 46.2 Å². The number of carbonyl (C=O) groups excluding carboxylic acids is 7. The van der Waals surface area contributed by atoms with Gasteiger partial charge in [0.2, 0.25) is 35.9 Å². The molecule has 17 heteroatoms. The molecule has 1 saturated heterocycles. The summed E-state index contributed by atoms with van der Waals surface area (Å²) in [5, 5.41) is 12.7. The maximum Gasteiger partial charge on any atom is 0.408 e. The fraction of sp³-hybridized carbons (Fsp3) is 0.683. The van der Waals surface area contributed by atoms with Crippen LogP contribution in [0.3, 0.4) is 0 Å². The number of nitrogens with zero attached hydrogens (tertiary/aromatic N) is 2. The van der Waals surface area contributed by atoms with Gasteiger partial charge in [-0.05, 0) is 62.1 Å². The van der Waals surface area contributed by atoms with Crippen molar-refractivity contribution in [2.45, 2.75) is 124 Å². The van der Waals surface area contributed by atoms with E-state index in [2.05, 4.69) is 40.4 Å². The van der Waals surface area contributed by atoms with Gasteiger partial charge in [0, 0.05) is 33.5 Å². The number of nitrogens with one attached hydrogen (secondary N) is 5. The van der Waals surface area contributed by atoms with Crippen LogP contribution in [0.25, 0.3) is 0 Å². The van der Waals surface area contributed by atoms with E-state index in [1.54, 1.807) is 52.3 Å². The van der Waals surface area contributed by atoms with Crippen LogP contribution in [0, 0.1) is 17.8 Å². The number of benzene rings is 1. The Balaban J connectivity index is 1.92. The normalized spacial score (nSPS) is 16.7. The third kappa shape index (κ3) is 14.6. The molecule has 17 nitrogen and oxygen atoms in total. The smallest absolute Gasteiger partial charge is 0.408 e. The second kappa shape index (κ2) is 23.6. The maximum absolute atomic E-state index is 13.7. The molecule has 0 bridgehead atoms. The summed E-state index contributed by atoms with van der Waals surface area (Å²) in [4.78, 5) is 91.9. The third-order valence-electron chi connectivity index (χ3n) is 10.7. The van der Waals surface area contributed by atoms with Crippen LogP contribution in [0.1, 0.15) is 86.6 Å². The van der Waals surface area contributed by atoms with E-state index in [4.69, 9.17) is 14.2 Å². The van der Waals surface area contributed by atoms with Gasteiger partial charge in [0.05, 0.1) is 43.8 Å². The van der Waals surface area contributed by atoms with Crippen molar-refractivity contribution in [1.29, 1.82) is 0 Å². The van der Waals surface area contributed by atoms with Crippen LogP contribution in [0.15, 0.2) is 24.3 Å². The van der Waals surface area contributed by atoms with Gasteiger partial charge < -0.3 is 50.6 Å². The number of hydrogen-bond acceptors (Lipinski definition) is 10. The molecule has 326 valence electrons. The highest BCUT2D eigenvalue weighted by Gasteiger charge is 2.40. The van der Waals surface area contributed by atoms with Crippen LogP contribution in [0.2, 0.25) is 0 Å². The zero-order valence-corrected chi connectivity index (χ0v) is 36.1. The number of carbonyl (C=O) groups is 7. The Morgan fingerprint density at radius 3 is 2.16 bits per heavy atom. The second-order valence-corrected chi connectivity index (χ2v) is 16.1. The van der Waals surface area contributed by atoms with Crippen LogP contribution in [-0.2, 0) is 49.6 Å². The number of hydrogen-bond donors (Lipinski definition) is 5. The Labute approximate surface area is 343 Å². The van der Waals surface area contributed by atoms with Crippen LogP contribution in [-0.4, -0.2) is 129 Å². The Morgan fingerprint density at radius 1 is 0.948 bits per heavy atom. The third-order valence-corrected chi connectivity index (χ3v) is 10.7. The molecule has 1 aliphatic rings. The van der Waals surface area contributed by atoms with Crippen molar-refractivity contribution in [1.82, 2.24) is 31.1 Å². The zero-order valence-electron chi connectivity index (χ0n) is 36.1. The molecule has 6 unspecified atom stereocenters. The van der Waals surface area contributed by atoms with Gasteiger partial charge in [-0.2, -0.15) is 0 Å². The Morgan fingerprint density at radius 2 is 1.60 bits per heavy atom. The van der Waals surface area contributed by atoms with E-state index < -0.39 is 47.5 Å². The first kappa shape index (κ1) is 49.4. The highest BCUT2D eigenvalue weighted by atomic mass is 16.5. The number of likely N-dealkylation sites (tertiary alicyclic amines) is 1. The first-order valence-corrected chi connectivity index (χ1v) is 20.0. The Bertz CT molecular complexity index is 1540. The molecular weight excluding hydrogens is 750 g/mol. The average Bonchev–Trinajstić information content (AvgIpc) is 3.66. The number of alkyl carbamates (subject to hydrolysis) is 1. The minimum absolute atomic E-state index is 0.0268. The van der Waals surface area contributed by atoms with Gasteiger partial charge in [0.15, 0.2) is 0 Å². The molecule has 0 aromatic heterocycles. The molecule has 6 atom stereocenters. The standard InChI is InChI=1S/C41H67N7O10/c1-12-27(6)36(31(56-10)20-33(51)48-19-13-14-30(48)37(57-11)26(4)5)47(9)34(52)22-43-39(54)41(7,8)46-40(55)58-23-28-15-17-29(18-16-28)45-32(50)21-42-38(53)35(25(2)3)44-24-49/h15-18,24-27,30-31,35-37H,12-14,19-23H2,1-11H3,(H,42,53)(H,43,54)(H,44,49)(H,45,50)(H,46,55). The van der Waals surface area contributed by atoms with Gasteiger partial charge >= 0.3 is 6.09 Å². The monoisotopic (exact) mass is 817 g/mol. The SMILES string of the molecule is CCC(C)C(C(CC(=O)N1CCCC1C(OC)C(C)C)OC)N(C)C(=O)CNC(=O)C(C)(C)NC(=O)OCc1ccc(NC(=O)CNC(=O)C(NC=O)C(C)C)cc1. The molecule has 7 amide bonds. The van der Waals surface area contributed by atoms with Gasteiger partial charge in [-0.15, -0.1) is 0 Å². The van der Waals surface area contributed by atoms with Gasteiger partial charge in [0.25, 0.3) is 0 Å². The Hall–Kier alpha value is -4.77. The first-order chi connectivity index (χ1) is 27.3. The lowest BCUT2D eigenvalue weighted by Crippen LogP contribution is -2.57. The molecule has 1 heterocycles. The molecule has 2 rings (SSSR count). The van der Waals surface area contributed by atoms with Crippen LogP contribution < -0.4 is 26.6 Å². The number of ether oxygens (including phenoxy) is 3. The van der Waals surface area contributed by atoms with E-state index in [1.807, 2.05) is 18.7 Å². The van der Waals surface area contributed by atoms with Gasteiger partial charge in [-0.3, -0.25) is 28.8 Å². The summed E-state index contributed by atoms with van der Waals surface area (Å²) in [6.45, 7) is 14.5. The topological polar surface area (TPSA) is 214 Å². The Kier molecular flexibility index (Phi) is 20.1. The van der Waals surface area contributed by atoms with Crippen molar-refractivity contribution in [3.8, 4) is 0 Å². The molecule has 0 radical (unpaired) electrons. The molecule has 0 saturated carbocycles. The summed E-state index contributed by atoms with van der Waals surface area (Å²) in [5.41, 5.74) is -0.409. The van der Waals surface area contributed by atoms with Crippen molar-refractivity contribution in [3.63, 3.8) is 0 Å². The number of rotatable bonds is 23. The van der Waals surface area contributed by atoms with E-state index in [1.165, 1.54) is 25.9 Å². The summed E-state index contributed by atoms with van der Waals surface area (Å²) in [7, 11) is 4.85. The lowest BCUT2D eigenvalue weighted by molar-refractivity contribution is -0.144. The van der Waals surface area contributed by atoms with E-state index in [9.17, 15) is 33.6 Å². The summed E-state index contributed by atoms with van der Waals surface area (Å²) in [6, 6.07) is 5.21. The summed E-state index contributed by atoms with van der Waals surface area (Å²) >= 11 is 0. The molecule has 0 spiro atoms. The van der Waals surface area contributed by atoms with Crippen molar-refractivity contribution < 1.29 is 47.8 Å². The van der Waals surface area contributed by atoms with E-state index in [0.29, 0.717) is 24.2 Å². The quantitative estimate of drug-likeness (QED) is 0.102. The fourth-order valence-corrected chi connectivity index (χ4v) is 7.16. The summed E-state index contributed by atoms with van der Waals surface area (Å²) in [5.74, 6) is -1.97. The molecule has 1 fully saturated rings. The highest BCUT2D eigenvalue weighted by Crippen LogP contribution is 2.29. The lowest BCUT2D eigenvalue weighted by Gasteiger charge is -2.39. The van der Waals surface area contributed by atoms with E-state index >= 15 is 0 Å².